The number of anilines is 1. The average Bonchev–Trinajstić information content (AvgIpc) is 3.28. The molecule has 0 saturated carbocycles. The second-order valence-electron chi connectivity index (χ2n) is 7.23. The van der Waals surface area contributed by atoms with Crippen LogP contribution in [0.5, 0.6) is 0 Å². The highest BCUT2D eigenvalue weighted by atomic mass is 32.1. The Hall–Kier alpha value is -2.32. The maximum absolute atomic E-state index is 12.9. The van der Waals surface area contributed by atoms with E-state index < -0.39 is 5.60 Å². The summed E-state index contributed by atoms with van der Waals surface area (Å²) in [4.78, 5) is 28.6. The summed E-state index contributed by atoms with van der Waals surface area (Å²) in [6.07, 6.45) is 1.21. The Kier molecular flexibility index (Phi) is 4.69. The van der Waals surface area contributed by atoms with Gasteiger partial charge in [0.05, 0.1) is 11.5 Å². The van der Waals surface area contributed by atoms with E-state index in [-0.39, 0.29) is 24.2 Å². The van der Waals surface area contributed by atoms with Crippen molar-refractivity contribution in [2.75, 3.05) is 24.5 Å². The number of aromatic nitrogens is 2. The summed E-state index contributed by atoms with van der Waals surface area (Å²) in [6.45, 7) is 3.18. The third-order valence-electron chi connectivity index (χ3n) is 5.43. The van der Waals surface area contributed by atoms with Crippen molar-refractivity contribution in [3.63, 3.8) is 0 Å². The van der Waals surface area contributed by atoms with Crippen molar-refractivity contribution in [1.29, 1.82) is 0 Å². The highest BCUT2D eigenvalue weighted by molar-refractivity contribution is 7.15. The van der Waals surface area contributed by atoms with Crippen LogP contribution in [0, 0.1) is 12.8 Å². The van der Waals surface area contributed by atoms with Crippen LogP contribution >= 0.6 is 11.3 Å². The molecule has 2 aliphatic rings. The van der Waals surface area contributed by atoms with E-state index in [0.717, 1.165) is 10.6 Å². The molecule has 2 aromatic rings. The van der Waals surface area contributed by atoms with E-state index in [2.05, 4.69) is 10.2 Å². The highest BCUT2D eigenvalue weighted by Crippen LogP contribution is 2.34. The molecule has 0 radical (unpaired) electrons. The first-order valence-electron chi connectivity index (χ1n) is 9.13. The maximum Gasteiger partial charge on any atom is 0.229 e. The van der Waals surface area contributed by atoms with E-state index in [1.54, 1.807) is 9.80 Å². The van der Waals surface area contributed by atoms with Crippen LogP contribution in [0.1, 0.15) is 29.8 Å². The first-order chi connectivity index (χ1) is 13.0. The lowest BCUT2D eigenvalue weighted by Crippen LogP contribution is -2.47. The molecular formula is C19H22N4O3S. The smallest absolute Gasteiger partial charge is 0.229 e. The molecule has 1 atom stereocenters. The van der Waals surface area contributed by atoms with E-state index in [1.807, 2.05) is 37.3 Å². The van der Waals surface area contributed by atoms with Crippen LogP contribution in [-0.2, 0) is 15.2 Å². The number of piperidine rings is 1. The minimum Gasteiger partial charge on any atom is -0.385 e. The van der Waals surface area contributed by atoms with Crippen LogP contribution in [0.3, 0.4) is 0 Å². The van der Waals surface area contributed by atoms with Crippen molar-refractivity contribution >= 4 is 28.3 Å². The Labute approximate surface area is 161 Å². The molecule has 1 aromatic carbocycles. The molecule has 0 aliphatic carbocycles. The fourth-order valence-electron chi connectivity index (χ4n) is 3.85. The van der Waals surface area contributed by atoms with Gasteiger partial charge in [0.25, 0.3) is 0 Å². The number of hydrogen-bond acceptors (Lipinski definition) is 6. The highest BCUT2D eigenvalue weighted by Gasteiger charge is 2.41. The molecule has 0 bridgehead atoms. The standard InChI is InChI=1S/C19H22N4O3S/c1-13-20-21-18(27-13)23-12-14(11-16(23)24)17(25)22-9-7-19(26,8-10-22)15-5-3-2-4-6-15/h2-6,14,26H,7-12H2,1H3. The Morgan fingerprint density at radius 3 is 2.56 bits per heavy atom. The SMILES string of the molecule is Cc1nnc(N2CC(C(=O)N3CCC(O)(c4ccccc4)CC3)CC2=O)s1. The number of aliphatic hydroxyl groups is 1. The molecule has 2 saturated heterocycles. The first-order valence-corrected chi connectivity index (χ1v) is 9.95. The van der Waals surface area contributed by atoms with Crippen LogP contribution in [0.25, 0.3) is 0 Å². The zero-order valence-electron chi connectivity index (χ0n) is 15.2. The van der Waals surface area contributed by atoms with Crippen LogP contribution < -0.4 is 4.90 Å². The monoisotopic (exact) mass is 386 g/mol. The second-order valence-corrected chi connectivity index (χ2v) is 8.39. The topological polar surface area (TPSA) is 86.6 Å². The molecule has 1 N–H and O–H groups in total. The van der Waals surface area contributed by atoms with Gasteiger partial charge in [0, 0.05) is 26.1 Å². The first kappa shape index (κ1) is 18.1. The van der Waals surface area contributed by atoms with E-state index in [9.17, 15) is 14.7 Å². The molecular weight excluding hydrogens is 364 g/mol. The summed E-state index contributed by atoms with van der Waals surface area (Å²) in [5.41, 5.74) is 0.00517. The van der Waals surface area contributed by atoms with Gasteiger partial charge in [0.1, 0.15) is 5.01 Å². The molecule has 1 aromatic heterocycles. The Balaban J connectivity index is 1.39. The molecule has 1 unspecified atom stereocenters. The van der Waals surface area contributed by atoms with Gasteiger partial charge < -0.3 is 10.0 Å². The molecule has 142 valence electrons. The molecule has 2 amide bonds. The number of carbonyl (C=O) groups excluding carboxylic acids is 2. The summed E-state index contributed by atoms with van der Waals surface area (Å²) < 4.78 is 0. The summed E-state index contributed by atoms with van der Waals surface area (Å²) in [5, 5.41) is 20.3. The lowest BCUT2D eigenvalue weighted by Gasteiger charge is -2.39. The zero-order chi connectivity index (χ0) is 19.0. The number of amides is 2. The van der Waals surface area contributed by atoms with Gasteiger partial charge >= 0.3 is 0 Å². The summed E-state index contributed by atoms with van der Waals surface area (Å²) >= 11 is 1.36. The van der Waals surface area contributed by atoms with E-state index in [0.29, 0.717) is 37.6 Å². The molecule has 0 spiro atoms. The van der Waals surface area contributed by atoms with Crippen molar-refractivity contribution in [2.24, 2.45) is 5.92 Å². The number of likely N-dealkylation sites (tertiary alicyclic amines) is 1. The zero-order valence-corrected chi connectivity index (χ0v) is 16.0. The Morgan fingerprint density at radius 1 is 1.22 bits per heavy atom. The van der Waals surface area contributed by atoms with Gasteiger partial charge in [-0.25, -0.2) is 0 Å². The Morgan fingerprint density at radius 2 is 1.93 bits per heavy atom. The van der Waals surface area contributed by atoms with Gasteiger partial charge in [0.15, 0.2) is 0 Å². The number of aryl methyl sites for hydroxylation is 1. The van der Waals surface area contributed by atoms with Crippen molar-refractivity contribution in [3.05, 3.63) is 40.9 Å². The van der Waals surface area contributed by atoms with Gasteiger partial charge in [-0.05, 0) is 25.3 Å². The van der Waals surface area contributed by atoms with Crippen molar-refractivity contribution in [1.82, 2.24) is 15.1 Å². The minimum atomic E-state index is -0.889. The van der Waals surface area contributed by atoms with Crippen molar-refractivity contribution in [3.8, 4) is 0 Å². The number of benzene rings is 1. The van der Waals surface area contributed by atoms with E-state index >= 15 is 0 Å². The second kappa shape index (κ2) is 7.01. The quantitative estimate of drug-likeness (QED) is 0.868. The molecule has 2 aliphatic heterocycles. The number of hydrogen-bond donors (Lipinski definition) is 1. The molecule has 8 heteroatoms. The Bertz CT molecular complexity index is 846. The lowest BCUT2D eigenvalue weighted by molar-refractivity contribution is -0.140. The van der Waals surface area contributed by atoms with Gasteiger partial charge in [-0.3, -0.25) is 14.5 Å². The number of carbonyl (C=O) groups is 2. The normalized spacial score (nSPS) is 22.3. The molecule has 4 rings (SSSR count). The third kappa shape index (κ3) is 3.46. The third-order valence-corrected chi connectivity index (χ3v) is 6.30. The van der Waals surface area contributed by atoms with E-state index in [4.69, 9.17) is 0 Å². The van der Waals surface area contributed by atoms with Crippen LogP contribution in [-0.4, -0.2) is 51.7 Å². The molecule has 27 heavy (non-hydrogen) atoms. The molecule has 2 fully saturated rings. The largest absolute Gasteiger partial charge is 0.385 e. The van der Waals surface area contributed by atoms with Crippen LogP contribution in [0.15, 0.2) is 30.3 Å². The van der Waals surface area contributed by atoms with Crippen LogP contribution in [0.4, 0.5) is 5.13 Å². The summed E-state index contributed by atoms with van der Waals surface area (Å²) in [6, 6.07) is 9.61. The van der Waals surface area contributed by atoms with Crippen molar-refractivity contribution < 1.29 is 14.7 Å². The van der Waals surface area contributed by atoms with Gasteiger partial charge in [-0.2, -0.15) is 0 Å². The van der Waals surface area contributed by atoms with Crippen LogP contribution in [0.2, 0.25) is 0 Å². The lowest BCUT2D eigenvalue weighted by atomic mass is 9.84. The average molecular weight is 386 g/mol. The van der Waals surface area contributed by atoms with E-state index in [1.165, 1.54) is 11.3 Å². The van der Waals surface area contributed by atoms with Crippen molar-refractivity contribution in [2.45, 2.75) is 31.8 Å². The summed E-state index contributed by atoms with van der Waals surface area (Å²) in [7, 11) is 0. The fourth-order valence-corrected chi connectivity index (χ4v) is 4.56. The maximum atomic E-state index is 12.9. The fraction of sp³-hybridized carbons (Fsp3) is 0.474. The predicted octanol–water partition coefficient (Wildman–Crippen LogP) is 1.71. The van der Waals surface area contributed by atoms with Gasteiger partial charge in [0.2, 0.25) is 16.9 Å². The predicted molar refractivity (Wildman–Crippen MR) is 101 cm³/mol. The molecule has 3 heterocycles. The molecule has 7 nitrogen and oxygen atoms in total. The minimum absolute atomic E-state index is 0.0119. The number of nitrogens with zero attached hydrogens (tertiary/aromatic N) is 4. The number of rotatable bonds is 3. The van der Waals surface area contributed by atoms with Gasteiger partial charge in [-0.15, -0.1) is 10.2 Å². The summed E-state index contributed by atoms with van der Waals surface area (Å²) in [5.74, 6) is -0.450. The van der Waals surface area contributed by atoms with Gasteiger partial charge in [-0.1, -0.05) is 41.7 Å².